The molecule has 192 valence electrons. The molecular weight excluding hydrogens is 439 g/mol. The predicted molar refractivity (Wildman–Crippen MR) is 142 cm³/mol. The van der Waals surface area contributed by atoms with Gasteiger partial charge in [-0.1, -0.05) is 30.3 Å². The SMILES string of the molecule is Cc1ccccc1OCCCN1CCN(CC(c2ccc(F)cc2)N2CCN(C(C)C)CC2)CC1. The molecule has 2 aliphatic heterocycles. The quantitative estimate of drug-likeness (QED) is 0.470. The molecule has 35 heavy (non-hydrogen) atoms. The van der Waals surface area contributed by atoms with Crippen LogP contribution in [0.1, 0.15) is 37.4 Å². The maximum Gasteiger partial charge on any atom is 0.123 e. The van der Waals surface area contributed by atoms with E-state index in [1.165, 1.54) is 11.1 Å². The van der Waals surface area contributed by atoms with Gasteiger partial charge >= 0.3 is 0 Å². The van der Waals surface area contributed by atoms with Crippen LogP contribution >= 0.6 is 0 Å². The standard InChI is InChI=1S/C29H43FN4O/c1-24(2)33-18-20-34(21-19-33)28(26-9-11-27(30)12-10-26)23-32-16-14-31(15-17-32)13-6-22-35-29-8-5-4-7-25(29)3/h4-5,7-12,24,28H,6,13-23H2,1-3H3. The smallest absolute Gasteiger partial charge is 0.123 e. The number of benzene rings is 2. The van der Waals surface area contributed by atoms with Gasteiger partial charge in [0.1, 0.15) is 11.6 Å². The number of nitrogens with zero attached hydrogens (tertiary/aromatic N) is 4. The molecule has 0 aromatic heterocycles. The molecule has 0 spiro atoms. The largest absolute Gasteiger partial charge is 0.493 e. The third-order valence-corrected chi connectivity index (χ3v) is 7.64. The van der Waals surface area contributed by atoms with Gasteiger partial charge in [-0.2, -0.15) is 0 Å². The molecular formula is C29H43FN4O. The van der Waals surface area contributed by atoms with Crippen molar-refractivity contribution in [3.63, 3.8) is 0 Å². The lowest BCUT2D eigenvalue weighted by Gasteiger charge is -2.43. The van der Waals surface area contributed by atoms with Gasteiger partial charge in [0.2, 0.25) is 0 Å². The summed E-state index contributed by atoms with van der Waals surface area (Å²) in [5, 5.41) is 0. The summed E-state index contributed by atoms with van der Waals surface area (Å²) >= 11 is 0. The summed E-state index contributed by atoms with van der Waals surface area (Å²) < 4.78 is 19.6. The summed E-state index contributed by atoms with van der Waals surface area (Å²) in [7, 11) is 0. The van der Waals surface area contributed by atoms with E-state index in [2.05, 4.69) is 46.4 Å². The predicted octanol–water partition coefficient (Wildman–Crippen LogP) is 4.29. The number of rotatable bonds is 10. The fraction of sp³-hybridized carbons (Fsp3) is 0.586. The highest BCUT2D eigenvalue weighted by Gasteiger charge is 2.28. The van der Waals surface area contributed by atoms with Gasteiger partial charge in [0.15, 0.2) is 0 Å². The van der Waals surface area contributed by atoms with Gasteiger partial charge in [-0.3, -0.25) is 14.7 Å². The molecule has 4 rings (SSSR count). The van der Waals surface area contributed by atoms with E-state index in [1.54, 1.807) is 12.1 Å². The van der Waals surface area contributed by atoms with E-state index in [0.717, 1.165) is 84.2 Å². The van der Waals surface area contributed by atoms with Crippen molar-refractivity contribution in [2.75, 3.05) is 72.1 Å². The van der Waals surface area contributed by atoms with Crippen molar-refractivity contribution in [1.29, 1.82) is 0 Å². The van der Waals surface area contributed by atoms with Crippen LogP contribution in [0, 0.1) is 12.7 Å². The average molecular weight is 483 g/mol. The van der Waals surface area contributed by atoms with E-state index in [1.807, 2.05) is 30.3 Å². The first kappa shape index (κ1) is 26.1. The van der Waals surface area contributed by atoms with Gasteiger partial charge in [-0.15, -0.1) is 0 Å². The van der Waals surface area contributed by atoms with Gasteiger partial charge < -0.3 is 9.64 Å². The Morgan fingerprint density at radius 1 is 0.800 bits per heavy atom. The Kier molecular flexibility index (Phi) is 9.55. The monoisotopic (exact) mass is 482 g/mol. The molecule has 2 heterocycles. The minimum absolute atomic E-state index is 0.155. The van der Waals surface area contributed by atoms with Crippen molar-refractivity contribution < 1.29 is 9.13 Å². The van der Waals surface area contributed by atoms with Crippen molar-refractivity contribution >= 4 is 0 Å². The van der Waals surface area contributed by atoms with E-state index in [4.69, 9.17) is 4.74 Å². The lowest BCUT2D eigenvalue weighted by molar-refractivity contribution is 0.0476. The molecule has 1 atom stereocenters. The molecule has 5 nitrogen and oxygen atoms in total. The first-order valence-corrected chi connectivity index (χ1v) is 13.4. The Morgan fingerprint density at radius 2 is 1.43 bits per heavy atom. The second-order valence-electron chi connectivity index (χ2n) is 10.3. The highest BCUT2D eigenvalue weighted by atomic mass is 19.1. The molecule has 0 amide bonds. The third-order valence-electron chi connectivity index (χ3n) is 7.64. The first-order valence-electron chi connectivity index (χ1n) is 13.4. The van der Waals surface area contributed by atoms with Crippen LogP contribution in [0.5, 0.6) is 5.75 Å². The van der Waals surface area contributed by atoms with Crippen LogP contribution in [0.25, 0.3) is 0 Å². The topological polar surface area (TPSA) is 22.2 Å². The van der Waals surface area contributed by atoms with Crippen molar-refractivity contribution in [3.8, 4) is 5.75 Å². The molecule has 0 saturated carbocycles. The number of halogens is 1. The maximum absolute atomic E-state index is 13.6. The van der Waals surface area contributed by atoms with Gasteiger partial charge in [0.25, 0.3) is 0 Å². The zero-order valence-corrected chi connectivity index (χ0v) is 21.8. The molecule has 0 bridgehead atoms. The van der Waals surface area contributed by atoms with E-state index >= 15 is 0 Å². The number of para-hydroxylation sites is 1. The van der Waals surface area contributed by atoms with E-state index < -0.39 is 0 Å². The molecule has 0 aliphatic carbocycles. The summed E-state index contributed by atoms with van der Waals surface area (Å²) in [5.41, 5.74) is 2.43. The highest BCUT2D eigenvalue weighted by molar-refractivity contribution is 5.31. The number of hydrogen-bond donors (Lipinski definition) is 0. The third kappa shape index (κ3) is 7.50. The lowest BCUT2D eigenvalue weighted by Crippen LogP contribution is -2.53. The first-order chi connectivity index (χ1) is 17.0. The molecule has 0 N–H and O–H groups in total. The van der Waals surface area contributed by atoms with E-state index in [9.17, 15) is 4.39 Å². The molecule has 1 unspecified atom stereocenters. The molecule has 2 aromatic rings. The van der Waals surface area contributed by atoms with Crippen LogP contribution in [0.3, 0.4) is 0 Å². The normalized spacial score (nSPS) is 19.8. The van der Waals surface area contributed by atoms with Gasteiger partial charge in [-0.25, -0.2) is 4.39 Å². The maximum atomic E-state index is 13.6. The number of ether oxygens (including phenoxy) is 1. The lowest BCUT2D eigenvalue weighted by atomic mass is 10.0. The van der Waals surface area contributed by atoms with Crippen LogP contribution in [-0.2, 0) is 0 Å². The fourth-order valence-electron chi connectivity index (χ4n) is 5.31. The minimum atomic E-state index is -0.155. The van der Waals surface area contributed by atoms with Crippen LogP contribution in [0.4, 0.5) is 4.39 Å². The molecule has 2 aliphatic rings. The van der Waals surface area contributed by atoms with Crippen molar-refractivity contribution in [2.45, 2.75) is 39.3 Å². The number of aryl methyl sites for hydroxylation is 1. The van der Waals surface area contributed by atoms with Gasteiger partial charge in [0.05, 0.1) is 6.61 Å². The highest BCUT2D eigenvalue weighted by Crippen LogP contribution is 2.25. The van der Waals surface area contributed by atoms with Crippen molar-refractivity contribution in [2.24, 2.45) is 0 Å². The summed E-state index contributed by atoms with van der Waals surface area (Å²) in [4.78, 5) is 10.3. The summed E-state index contributed by atoms with van der Waals surface area (Å²) in [6, 6.07) is 16.3. The van der Waals surface area contributed by atoms with E-state index in [-0.39, 0.29) is 5.82 Å². The Balaban J connectivity index is 1.25. The zero-order valence-electron chi connectivity index (χ0n) is 21.8. The van der Waals surface area contributed by atoms with Crippen LogP contribution in [0.2, 0.25) is 0 Å². The Bertz CT molecular complexity index is 890. The number of hydrogen-bond acceptors (Lipinski definition) is 5. The minimum Gasteiger partial charge on any atom is -0.493 e. The molecule has 6 heteroatoms. The molecule has 0 radical (unpaired) electrons. The van der Waals surface area contributed by atoms with Crippen LogP contribution < -0.4 is 4.74 Å². The van der Waals surface area contributed by atoms with Crippen LogP contribution in [-0.4, -0.2) is 97.7 Å². The average Bonchev–Trinajstić information content (AvgIpc) is 2.88. The molecule has 2 saturated heterocycles. The van der Waals surface area contributed by atoms with Gasteiger partial charge in [0, 0.05) is 77.5 Å². The molecule has 2 aromatic carbocycles. The van der Waals surface area contributed by atoms with Crippen LogP contribution in [0.15, 0.2) is 48.5 Å². The van der Waals surface area contributed by atoms with E-state index in [0.29, 0.717) is 12.1 Å². The summed E-state index contributed by atoms with van der Waals surface area (Å²) in [6.45, 7) is 18.2. The Labute approximate surface area is 211 Å². The molecule has 2 fully saturated rings. The number of piperazine rings is 2. The second-order valence-corrected chi connectivity index (χ2v) is 10.3. The fourth-order valence-corrected chi connectivity index (χ4v) is 5.31. The Morgan fingerprint density at radius 3 is 2.09 bits per heavy atom. The summed E-state index contributed by atoms with van der Waals surface area (Å²) in [5.74, 6) is 0.843. The second kappa shape index (κ2) is 12.8. The van der Waals surface area contributed by atoms with Crippen molar-refractivity contribution in [3.05, 3.63) is 65.5 Å². The van der Waals surface area contributed by atoms with Gasteiger partial charge in [-0.05, 0) is 56.5 Å². The summed E-state index contributed by atoms with van der Waals surface area (Å²) in [6.07, 6.45) is 1.05. The van der Waals surface area contributed by atoms with Crippen molar-refractivity contribution in [1.82, 2.24) is 19.6 Å². The Hall–Kier alpha value is -1.99. The zero-order chi connectivity index (χ0) is 24.6.